The van der Waals surface area contributed by atoms with Crippen LogP contribution in [0.25, 0.3) is 0 Å². The molecule has 0 spiro atoms. The lowest BCUT2D eigenvalue weighted by molar-refractivity contribution is 0.0940. The first-order valence-electron chi connectivity index (χ1n) is 6.26. The van der Waals surface area contributed by atoms with Gasteiger partial charge < -0.3 is 20.0 Å². The molecule has 5 heteroatoms. The Labute approximate surface area is 107 Å². The molecule has 0 aromatic heterocycles. The third-order valence-corrected chi connectivity index (χ3v) is 7.92. The molecule has 3 N–H and O–H groups in total. The summed E-state index contributed by atoms with van der Waals surface area (Å²) in [5, 5.41) is 21.8. The van der Waals surface area contributed by atoms with E-state index in [-0.39, 0.29) is 17.7 Å². The second-order valence-corrected chi connectivity index (χ2v) is 11.0. The summed E-state index contributed by atoms with van der Waals surface area (Å²) in [7, 11) is -1.77. The highest BCUT2D eigenvalue weighted by Gasteiger charge is 2.37. The molecule has 17 heavy (non-hydrogen) atoms. The van der Waals surface area contributed by atoms with E-state index in [1.807, 2.05) is 6.92 Å². The molecule has 0 aliphatic rings. The van der Waals surface area contributed by atoms with Crippen LogP contribution in [0.4, 0.5) is 0 Å². The van der Waals surface area contributed by atoms with Gasteiger partial charge in [0.2, 0.25) is 0 Å². The second-order valence-electron chi connectivity index (χ2n) is 6.22. The third-order valence-electron chi connectivity index (χ3n) is 3.42. The summed E-state index contributed by atoms with van der Waals surface area (Å²) in [5.41, 5.74) is 0. The van der Waals surface area contributed by atoms with E-state index < -0.39 is 14.4 Å². The molecule has 0 saturated carbocycles. The quantitative estimate of drug-likeness (QED) is 0.607. The van der Waals surface area contributed by atoms with Crippen LogP contribution in [0.5, 0.6) is 0 Å². The van der Waals surface area contributed by atoms with Crippen LogP contribution in [-0.4, -0.2) is 50.4 Å². The van der Waals surface area contributed by atoms with E-state index in [2.05, 4.69) is 39.2 Å². The fourth-order valence-corrected chi connectivity index (χ4v) is 2.02. The molecule has 0 aliphatic heterocycles. The third kappa shape index (κ3) is 6.52. The zero-order valence-corrected chi connectivity index (χ0v) is 13.1. The van der Waals surface area contributed by atoms with Gasteiger partial charge in [0.1, 0.15) is 0 Å². The number of nitrogens with one attached hydrogen (secondary N) is 1. The van der Waals surface area contributed by atoms with Crippen LogP contribution in [0.2, 0.25) is 18.1 Å². The number of aliphatic hydroxyl groups is 2. The Morgan fingerprint density at radius 3 is 2.24 bits per heavy atom. The van der Waals surface area contributed by atoms with Crippen LogP contribution in [0, 0.1) is 0 Å². The van der Waals surface area contributed by atoms with Crippen LogP contribution >= 0.6 is 0 Å². The summed E-state index contributed by atoms with van der Waals surface area (Å²) < 4.78 is 5.91. The van der Waals surface area contributed by atoms with E-state index in [9.17, 15) is 5.11 Å². The Balaban J connectivity index is 3.95. The van der Waals surface area contributed by atoms with Crippen molar-refractivity contribution in [3.8, 4) is 0 Å². The zero-order chi connectivity index (χ0) is 13.7. The lowest BCUT2D eigenvalue weighted by atomic mass is 10.2. The van der Waals surface area contributed by atoms with E-state index in [0.717, 1.165) is 0 Å². The van der Waals surface area contributed by atoms with E-state index in [1.54, 1.807) is 0 Å². The predicted octanol–water partition coefficient (Wildman–Crippen LogP) is 1.34. The molecule has 104 valence electrons. The van der Waals surface area contributed by atoms with Gasteiger partial charge in [-0.05, 0) is 25.1 Å². The summed E-state index contributed by atoms with van der Waals surface area (Å²) in [6.45, 7) is 13.6. The predicted molar refractivity (Wildman–Crippen MR) is 73.7 cm³/mol. The number of hydrogen-bond donors (Lipinski definition) is 3. The molecule has 0 amide bonds. The summed E-state index contributed by atoms with van der Waals surface area (Å²) in [6, 6.07) is 0.0116. The van der Waals surface area contributed by atoms with Crippen molar-refractivity contribution in [3.63, 3.8) is 0 Å². The first-order valence-corrected chi connectivity index (χ1v) is 9.17. The fraction of sp³-hybridized carbons (Fsp3) is 1.00. The van der Waals surface area contributed by atoms with Gasteiger partial charge in [-0.2, -0.15) is 0 Å². The summed E-state index contributed by atoms with van der Waals surface area (Å²) >= 11 is 0. The molecule has 0 aliphatic carbocycles. The first-order chi connectivity index (χ1) is 7.60. The van der Waals surface area contributed by atoms with Crippen molar-refractivity contribution >= 4 is 8.32 Å². The average molecular weight is 263 g/mol. The van der Waals surface area contributed by atoms with Gasteiger partial charge in [0.05, 0.1) is 19.3 Å². The van der Waals surface area contributed by atoms with E-state index in [1.165, 1.54) is 0 Å². The number of hydrogen-bond acceptors (Lipinski definition) is 4. The minimum atomic E-state index is -1.77. The van der Waals surface area contributed by atoms with Crippen molar-refractivity contribution in [3.05, 3.63) is 0 Å². The van der Waals surface area contributed by atoms with Crippen molar-refractivity contribution in [2.75, 3.05) is 19.8 Å². The molecule has 0 aromatic rings. The van der Waals surface area contributed by atoms with E-state index in [4.69, 9.17) is 9.53 Å². The van der Waals surface area contributed by atoms with Gasteiger partial charge in [-0.3, -0.25) is 0 Å². The molecular formula is C12H29NO3Si. The van der Waals surface area contributed by atoms with Gasteiger partial charge in [-0.25, -0.2) is 0 Å². The molecule has 2 atom stereocenters. The standard InChI is InChI=1S/C12H29NO3Si/c1-10(8-14)13-7-11(15)9-16-17(5,6)12(2,3)4/h10-11,13-15H,7-9H2,1-6H3. The highest BCUT2D eigenvalue weighted by Crippen LogP contribution is 2.36. The lowest BCUT2D eigenvalue weighted by Crippen LogP contribution is -2.45. The van der Waals surface area contributed by atoms with Gasteiger partial charge >= 0.3 is 0 Å². The Morgan fingerprint density at radius 2 is 1.82 bits per heavy atom. The summed E-state index contributed by atoms with van der Waals surface area (Å²) in [4.78, 5) is 0. The van der Waals surface area contributed by atoms with Crippen LogP contribution in [0.15, 0.2) is 0 Å². The normalized spacial score (nSPS) is 16.9. The van der Waals surface area contributed by atoms with Crippen molar-refractivity contribution in [1.29, 1.82) is 0 Å². The Bertz CT molecular complexity index is 216. The van der Waals surface area contributed by atoms with Crippen molar-refractivity contribution in [1.82, 2.24) is 5.32 Å². The molecule has 0 heterocycles. The molecule has 0 bridgehead atoms. The van der Waals surface area contributed by atoms with Gasteiger partial charge in [0.25, 0.3) is 0 Å². The van der Waals surface area contributed by atoms with Crippen LogP contribution < -0.4 is 5.32 Å². The lowest BCUT2D eigenvalue weighted by Gasteiger charge is -2.36. The number of aliphatic hydroxyl groups excluding tert-OH is 2. The van der Waals surface area contributed by atoms with Crippen molar-refractivity contribution in [2.24, 2.45) is 0 Å². The second kappa shape index (κ2) is 6.85. The van der Waals surface area contributed by atoms with Gasteiger partial charge in [-0.1, -0.05) is 20.8 Å². The number of rotatable bonds is 7. The minimum absolute atomic E-state index is 0.0116. The fourth-order valence-electron chi connectivity index (χ4n) is 0.982. The minimum Gasteiger partial charge on any atom is -0.414 e. The van der Waals surface area contributed by atoms with Gasteiger partial charge in [0.15, 0.2) is 8.32 Å². The molecule has 0 radical (unpaired) electrons. The highest BCUT2D eigenvalue weighted by atomic mass is 28.4. The molecule has 0 fully saturated rings. The summed E-state index contributed by atoms with van der Waals surface area (Å²) in [5.74, 6) is 0. The van der Waals surface area contributed by atoms with Crippen molar-refractivity contribution in [2.45, 2.75) is 58.0 Å². The maximum atomic E-state index is 9.78. The van der Waals surface area contributed by atoms with E-state index >= 15 is 0 Å². The zero-order valence-electron chi connectivity index (χ0n) is 12.1. The average Bonchev–Trinajstić information content (AvgIpc) is 2.21. The van der Waals surface area contributed by atoms with Crippen LogP contribution in [0.1, 0.15) is 27.7 Å². The van der Waals surface area contributed by atoms with Gasteiger partial charge in [-0.15, -0.1) is 0 Å². The Kier molecular flexibility index (Phi) is 6.87. The van der Waals surface area contributed by atoms with Crippen LogP contribution in [-0.2, 0) is 4.43 Å². The van der Waals surface area contributed by atoms with Crippen molar-refractivity contribution < 1.29 is 14.6 Å². The maximum absolute atomic E-state index is 9.78. The Morgan fingerprint density at radius 1 is 1.29 bits per heavy atom. The van der Waals surface area contributed by atoms with E-state index in [0.29, 0.717) is 13.2 Å². The summed E-state index contributed by atoms with van der Waals surface area (Å²) in [6.07, 6.45) is -0.516. The molecular weight excluding hydrogens is 234 g/mol. The molecule has 2 unspecified atom stereocenters. The molecule has 0 aromatic carbocycles. The SMILES string of the molecule is CC(CO)NCC(O)CO[Si](C)(C)C(C)(C)C. The topological polar surface area (TPSA) is 61.7 Å². The highest BCUT2D eigenvalue weighted by molar-refractivity contribution is 6.74. The Hall–Kier alpha value is 0.0569. The molecule has 0 saturated heterocycles. The van der Waals surface area contributed by atoms with Crippen LogP contribution in [0.3, 0.4) is 0 Å². The van der Waals surface area contributed by atoms with Gasteiger partial charge in [0, 0.05) is 12.6 Å². The maximum Gasteiger partial charge on any atom is 0.192 e. The molecule has 0 rings (SSSR count). The smallest absolute Gasteiger partial charge is 0.192 e. The monoisotopic (exact) mass is 263 g/mol. The largest absolute Gasteiger partial charge is 0.414 e. The first kappa shape index (κ1) is 17.1. The molecule has 4 nitrogen and oxygen atoms in total.